The summed E-state index contributed by atoms with van der Waals surface area (Å²) in [6, 6.07) is 12.9. The normalized spacial score (nSPS) is 10.7. The third kappa shape index (κ3) is 3.35. The van der Waals surface area contributed by atoms with Crippen LogP contribution in [-0.2, 0) is 0 Å². The van der Waals surface area contributed by atoms with Crippen LogP contribution in [0.15, 0.2) is 58.8 Å². The van der Waals surface area contributed by atoms with Crippen molar-refractivity contribution in [3.8, 4) is 0 Å². The van der Waals surface area contributed by atoms with Gasteiger partial charge in [0, 0.05) is 5.56 Å². The number of benzene rings is 2. The molecule has 0 atom stereocenters. The number of carbonyl (C=O) groups excluding carboxylic acids is 1. The highest BCUT2D eigenvalue weighted by atomic mass is 16.4. The number of nitrogens with zero attached hydrogens (tertiary/aromatic N) is 2. The molecule has 0 amide bonds. The van der Waals surface area contributed by atoms with E-state index in [9.17, 15) is 9.59 Å². The molecule has 100 valence electrons. The highest BCUT2D eigenvalue weighted by Crippen LogP contribution is 2.19. The van der Waals surface area contributed by atoms with E-state index in [1.165, 1.54) is 19.1 Å². The largest absolute Gasteiger partial charge is 0.478 e. The summed E-state index contributed by atoms with van der Waals surface area (Å²) in [4.78, 5) is 21.8. The van der Waals surface area contributed by atoms with Crippen molar-refractivity contribution in [3.63, 3.8) is 0 Å². The molecular weight excluding hydrogens is 256 g/mol. The lowest BCUT2D eigenvalue weighted by Gasteiger charge is -1.97. The number of ketones is 1. The van der Waals surface area contributed by atoms with Crippen LogP contribution in [0.5, 0.6) is 0 Å². The Morgan fingerprint density at radius 2 is 1.20 bits per heavy atom. The molecule has 2 rings (SSSR count). The average molecular weight is 268 g/mol. The molecule has 0 aliphatic rings. The number of carboxylic acids is 1. The third-order valence-corrected chi connectivity index (χ3v) is 2.67. The van der Waals surface area contributed by atoms with Crippen LogP contribution in [-0.4, -0.2) is 16.9 Å². The fourth-order valence-corrected chi connectivity index (χ4v) is 1.55. The van der Waals surface area contributed by atoms with Crippen molar-refractivity contribution in [2.75, 3.05) is 0 Å². The topological polar surface area (TPSA) is 79.1 Å². The van der Waals surface area contributed by atoms with Gasteiger partial charge in [-0.15, -0.1) is 0 Å². The Hall–Kier alpha value is -2.82. The van der Waals surface area contributed by atoms with Gasteiger partial charge in [-0.05, 0) is 55.5 Å². The van der Waals surface area contributed by atoms with Gasteiger partial charge in [0.05, 0.1) is 16.9 Å². The molecule has 0 aromatic heterocycles. The Bertz CT molecular complexity index is 599. The standard InChI is InChI=1S/C15H12N2O3/c1-10(18)11-2-6-13(7-3-11)16-17-14-8-4-12(5-9-14)15(19)20/h2-9H,1H3,(H,19,20). The van der Waals surface area contributed by atoms with Gasteiger partial charge in [0.15, 0.2) is 5.78 Å². The minimum atomic E-state index is -0.978. The van der Waals surface area contributed by atoms with Crippen molar-refractivity contribution in [2.24, 2.45) is 10.2 Å². The second-order valence-electron chi connectivity index (χ2n) is 4.16. The van der Waals surface area contributed by atoms with Gasteiger partial charge in [0.25, 0.3) is 0 Å². The second kappa shape index (κ2) is 5.88. The van der Waals surface area contributed by atoms with E-state index in [4.69, 9.17) is 5.11 Å². The van der Waals surface area contributed by atoms with E-state index in [1.807, 2.05) is 0 Å². The first-order valence-corrected chi connectivity index (χ1v) is 5.92. The SMILES string of the molecule is CC(=O)c1ccc(N=Nc2ccc(C(=O)O)cc2)cc1. The highest BCUT2D eigenvalue weighted by molar-refractivity contribution is 5.94. The molecule has 0 saturated heterocycles. The molecular formula is C15H12N2O3. The number of azo groups is 1. The minimum Gasteiger partial charge on any atom is -0.478 e. The predicted octanol–water partition coefficient (Wildman–Crippen LogP) is 4.00. The molecule has 5 nitrogen and oxygen atoms in total. The lowest BCUT2D eigenvalue weighted by Crippen LogP contribution is -1.93. The zero-order valence-corrected chi connectivity index (χ0v) is 10.8. The van der Waals surface area contributed by atoms with Crippen LogP contribution >= 0.6 is 0 Å². The molecule has 0 fully saturated rings. The summed E-state index contributed by atoms with van der Waals surface area (Å²) in [7, 11) is 0. The maximum Gasteiger partial charge on any atom is 0.335 e. The highest BCUT2D eigenvalue weighted by Gasteiger charge is 2.01. The van der Waals surface area contributed by atoms with E-state index < -0.39 is 5.97 Å². The fourth-order valence-electron chi connectivity index (χ4n) is 1.55. The number of hydrogen-bond acceptors (Lipinski definition) is 4. The Labute approximate surface area is 115 Å². The van der Waals surface area contributed by atoms with Crippen molar-refractivity contribution >= 4 is 23.1 Å². The Morgan fingerprint density at radius 3 is 1.55 bits per heavy atom. The molecule has 0 radical (unpaired) electrons. The number of carbonyl (C=O) groups is 2. The quantitative estimate of drug-likeness (QED) is 0.672. The van der Waals surface area contributed by atoms with Crippen molar-refractivity contribution in [2.45, 2.75) is 6.92 Å². The number of carboxylic acid groups (broad SMARTS) is 1. The molecule has 2 aromatic carbocycles. The van der Waals surface area contributed by atoms with E-state index >= 15 is 0 Å². The first-order chi connectivity index (χ1) is 9.56. The molecule has 0 heterocycles. The smallest absolute Gasteiger partial charge is 0.335 e. The molecule has 0 saturated carbocycles. The fraction of sp³-hybridized carbons (Fsp3) is 0.0667. The van der Waals surface area contributed by atoms with Gasteiger partial charge in [-0.3, -0.25) is 4.79 Å². The monoisotopic (exact) mass is 268 g/mol. The first kappa shape index (κ1) is 13.6. The van der Waals surface area contributed by atoms with Gasteiger partial charge in [0.1, 0.15) is 0 Å². The molecule has 5 heteroatoms. The van der Waals surface area contributed by atoms with Crippen LogP contribution < -0.4 is 0 Å². The summed E-state index contributed by atoms with van der Waals surface area (Å²) < 4.78 is 0. The van der Waals surface area contributed by atoms with Crippen molar-refractivity contribution in [1.82, 2.24) is 0 Å². The molecule has 0 aliphatic heterocycles. The summed E-state index contributed by atoms with van der Waals surface area (Å²) in [6.07, 6.45) is 0. The third-order valence-electron chi connectivity index (χ3n) is 2.67. The summed E-state index contributed by atoms with van der Waals surface area (Å²) in [5, 5.41) is 16.8. The van der Waals surface area contributed by atoms with E-state index in [0.717, 1.165) is 0 Å². The van der Waals surface area contributed by atoms with Crippen LogP contribution in [0.25, 0.3) is 0 Å². The van der Waals surface area contributed by atoms with Gasteiger partial charge in [-0.1, -0.05) is 0 Å². The van der Waals surface area contributed by atoms with Crippen LogP contribution in [0.3, 0.4) is 0 Å². The van der Waals surface area contributed by atoms with Gasteiger partial charge in [-0.25, -0.2) is 4.79 Å². The van der Waals surface area contributed by atoms with Crippen molar-refractivity contribution < 1.29 is 14.7 Å². The molecule has 1 N–H and O–H groups in total. The Morgan fingerprint density at radius 1 is 0.800 bits per heavy atom. The lowest BCUT2D eigenvalue weighted by atomic mass is 10.1. The molecule has 0 unspecified atom stereocenters. The van der Waals surface area contributed by atoms with Crippen molar-refractivity contribution in [1.29, 1.82) is 0 Å². The molecule has 0 aliphatic carbocycles. The Kier molecular flexibility index (Phi) is 4.00. The number of hydrogen-bond donors (Lipinski definition) is 1. The van der Waals surface area contributed by atoms with Crippen LogP contribution in [0, 0.1) is 0 Å². The van der Waals surface area contributed by atoms with Crippen LogP contribution in [0.1, 0.15) is 27.6 Å². The summed E-state index contributed by atoms with van der Waals surface area (Å²) >= 11 is 0. The van der Waals surface area contributed by atoms with Crippen molar-refractivity contribution in [3.05, 3.63) is 59.7 Å². The predicted molar refractivity (Wildman–Crippen MR) is 74.0 cm³/mol. The van der Waals surface area contributed by atoms with E-state index in [0.29, 0.717) is 16.9 Å². The molecule has 20 heavy (non-hydrogen) atoms. The van der Waals surface area contributed by atoms with E-state index in [-0.39, 0.29) is 11.3 Å². The summed E-state index contributed by atoms with van der Waals surface area (Å²) in [5.74, 6) is -0.981. The summed E-state index contributed by atoms with van der Waals surface area (Å²) in [5.41, 5.74) is 2.01. The van der Waals surface area contributed by atoms with E-state index in [2.05, 4.69) is 10.2 Å². The Balaban J connectivity index is 2.12. The zero-order chi connectivity index (χ0) is 14.5. The van der Waals surface area contributed by atoms with Gasteiger partial charge >= 0.3 is 5.97 Å². The molecule has 2 aromatic rings. The number of aromatic carboxylic acids is 1. The second-order valence-corrected chi connectivity index (χ2v) is 4.16. The van der Waals surface area contributed by atoms with Crippen LogP contribution in [0.2, 0.25) is 0 Å². The number of rotatable bonds is 4. The van der Waals surface area contributed by atoms with Gasteiger partial charge in [0.2, 0.25) is 0 Å². The zero-order valence-electron chi connectivity index (χ0n) is 10.8. The van der Waals surface area contributed by atoms with Crippen LogP contribution in [0.4, 0.5) is 11.4 Å². The molecule has 0 spiro atoms. The minimum absolute atomic E-state index is 0.00208. The maximum absolute atomic E-state index is 11.1. The first-order valence-electron chi connectivity index (χ1n) is 5.92. The summed E-state index contributed by atoms with van der Waals surface area (Å²) in [6.45, 7) is 1.50. The van der Waals surface area contributed by atoms with Gasteiger partial charge in [-0.2, -0.15) is 10.2 Å². The van der Waals surface area contributed by atoms with E-state index in [1.54, 1.807) is 36.4 Å². The number of Topliss-reactive ketones (excluding diaryl/α,β-unsaturated/α-hetero) is 1. The maximum atomic E-state index is 11.1. The lowest BCUT2D eigenvalue weighted by molar-refractivity contribution is 0.0696. The average Bonchev–Trinajstić information content (AvgIpc) is 2.46. The molecule has 0 bridgehead atoms. The van der Waals surface area contributed by atoms with Gasteiger partial charge < -0.3 is 5.11 Å².